The van der Waals surface area contributed by atoms with E-state index in [0.717, 1.165) is 12.0 Å². The van der Waals surface area contributed by atoms with Crippen LogP contribution in [0.2, 0.25) is 0 Å². The summed E-state index contributed by atoms with van der Waals surface area (Å²) >= 11 is 0. The van der Waals surface area contributed by atoms with Crippen LogP contribution in [0.5, 0.6) is 0 Å². The van der Waals surface area contributed by atoms with Crippen molar-refractivity contribution in [1.29, 1.82) is 0 Å². The van der Waals surface area contributed by atoms with Crippen molar-refractivity contribution in [3.8, 4) is 0 Å². The fourth-order valence-electron chi connectivity index (χ4n) is 2.35. The van der Waals surface area contributed by atoms with E-state index >= 15 is 0 Å². The molecule has 0 spiro atoms. The van der Waals surface area contributed by atoms with Gasteiger partial charge in [-0.2, -0.15) is 0 Å². The molecule has 0 amide bonds. The first-order chi connectivity index (χ1) is 7.08. The van der Waals surface area contributed by atoms with Crippen LogP contribution in [-0.4, -0.2) is 5.78 Å². The van der Waals surface area contributed by atoms with Gasteiger partial charge in [0.05, 0.1) is 0 Å². The third-order valence-corrected chi connectivity index (χ3v) is 2.94. The normalized spacial score (nSPS) is 19.7. The summed E-state index contributed by atoms with van der Waals surface area (Å²) in [7, 11) is 0. The molecule has 1 unspecified atom stereocenters. The van der Waals surface area contributed by atoms with Gasteiger partial charge >= 0.3 is 0 Å². The SMILES string of the molecule is CC(C)CC1CC(=O)c2cc(F)ccc21. The van der Waals surface area contributed by atoms with Crippen molar-refractivity contribution in [3.63, 3.8) is 0 Å². The number of halogens is 1. The van der Waals surface area contributed by atoms with Gasteiger partial charge in [0.1, 0.15) is 5.82 Å². The molecule has 0 N–H and O–H groups in total. The first-order valence-electron chi connectivity index (χ1n) is 5.40. The van der Waals surface area contributed by atoms with E-state index in [9.17, 15) is 9.18 Å². The van der Waals surface area contributed by atoms with Crippen LogP contribution in [-0.2, 0) is 0 Å². The maximum atomic E-state index is 13.0. The Morgan fingerprint density at radius 1 is 1.47 bits per heavy atom. The molecular formula is C13H15FO. The van der Waals surface area contributed by atoms with E-state index in [1.807, 2.05) is 0 Å². The molecule has 0 bridgehead atoms. The van der Waals surface area contributed by atoms with Gasteiger partial charge in [-0.25, -0.2) is 4.39 Å². The average Bonchev–Trinajstić information content (AvgIpc) is 2.42. The number of hydrogen-bond donors (Lipinski definition) is 0. The highest BCUT2D eigenvalue weighted by Gasteiger charge is 2.29. The predicted octanol–water partition coefficient (Wildman–Crippen LogP) is 3.54. The molecule has 0 fully saturated rings. The summed E-state index contributed by atoms with van der Waals surface area (Å²) in [5.74, 6) is 0.648. The van der Waals surface area contributed by atoms with Crippen molar-refractivity contribution in [2.45, 2.75) is 32.6 Å². The molecule has 1 nitrogen and oxygen atoms in total. The van der Waals surface area contributed by atoms with E-state index in [-0.39, 0.29) is 11.6 Å². The van der Waals surface area contributed by atoms with E-state index < -0.39 is 0 Å². The summed E-state index contributed by atoms with van der Waals surface area (Å²) in [4.78, 5) is 11.6. The first-order valence-corrected chi connectivity index (χ1v) is 5.40. The average molecular weight is 206 g/mol. The van der Waals surface area contributed by atoms with Crippen LogP contribution in [0.1, 0.15) is 48.5 Å². The Morgan fingerprint density at radius 3 is 2.87 bits per heavy atom. The zero-order valence-electron chi connectivity index (χ0n) is 9.09. The minimum Gasteiger partial charge on any atom is -0.294 e. The highest BCUT2D eigenvalue weighted by Crippen LogP contribution is 2.37. The topological polar surface area (TPSA) is 17.1 Å². The lowest BCUT2D eigenvalue weighted by Gasteiger charge is -2.12. The fourth-order valence-corrected chi connectivity index (χ4v) is 2.35. The van der Waals surface area contributed by atoms with E-state index in [2.05, 4.69) is 13.8 Å². The van der Waals surface area contributed by atoms with Crippen LogP contribution in [0.4, 0.5) is 4.39 Å². The smallest absolute Gasteiger partial charge is 0.163 e. The summed E-state index contributed by atoms with van der Waals surface area (Å²) in [6.45, 7) is 4.29. The molecule has 2 heteroatoms. The minimum atomic E-state index is -0.313. The summed E-state index contributed by atoms with van der Waals surface area (Å²) in [5.41, 5.74) is 1.63. The quantitative estimate of drug-likeness (QED) is 0.723. The summed E-state index contributed by atoms with van der Waals surface area (Å²) in [5, 5.41) is 0. The van der Waals surface area contributed by atoms with Crippen molar-refractivity contribution < 1.29 is 9.18 Å². The maximum absolute atomic E-state index is 13.0. The summed E-state index contributed by atoms with van der Waals surface area (Å²) < 4.78 is 13.0. The first kappa shape index (κ1) is 10.3. The minimum absolute atomic E-state index is 0.0927. The largest absolute Gasteiger partial charge is 0.294 e. The number of benzene rings is 1. The molecule has 15 heavy (non-hydrogen) atoms. The van der Waals surface area contributed by atoms with Crippen molar-refractivity contribution >= 4 is 5.78 Å². The van der Waals surface area contributed by atoms with Crippen molar-refractivity contribution in [2.75, 3.05) is 0 Å². The van der Waals surface area contributed by atoms with Crippen molar-refractivity contribution in [1.82, 2.24) is 0 Å². The number of rotatable bonds is 2. The lowest BCUT2D eigenvalue weighted by atomic mass is 9.92. The van der Waals surface area contributed by atoms with Gasteiger partial charge in [-0.3, -0.25) is 4.79 Å². The Labute approximate surface area is 89.3 Å². The standard InChI is InChI=1S/C13H15FO/c1-8(2)5-9-6-13(15)12-7-10(14)3-4-11(9)12/h3-4,7-9H,5-6H2,1-2H3. The Balaban J connectivity index is 2.34. The van der Waals surface area contributed by atoms with Crippen LogP contribution in [0.3, 0.4) is 0 Å². The van der Waals surface area contributed by atoms with Gasteiger partial charge in [0.25, 0.3) is 0 Å². The third-order valence-electron chi connectivity index (χ3n) is 2.94. The van der Waals surface area contributed by atoms with E-state index in [1.165, 1.54) is 12.1 Å². The lowest BCUT2D eigenvalue weighted by Crippen LogP contribution is -1.99. The molecule has 1 atom stereocenters. The molecule has 1 aromatic carbocycles. The van der Waals surface area contributed by atoms with Crippen LogP contribution in [0, 0.1) is 11.7 Å². The summed E-state index contributed by atoms with van der Waals surface area (Å²) in [6, 6.07) is 4.59. The molecule has 0 aliphatic heterocycles. The van der Waals surface area contributed by atoms with E-state index in [4.69, 9.17) is 0 Å². The Bertz CT molecular complexity index is 396. The predicted molar refractivity (Wildman–Crippen MR) is 57.5 cm³/mol. The number of Topliss-reactive ketones (excluding diaryl/α,β-unsaturated/α-hetero) is 1. The second-order valence-electron chi connectivity index (χ2n) is 4.69. The third kappa shape index (κ3) is 1.94. The maximum Gasteiger partial charge on any atom is 0.163 e. The molecule has 0 saturated carbocycles. The number of ketones is 1. The van der Waals surface area contributed by atoms with Crippen LogP contribution in [0.15, 0.2) is 18.2 Å². The molecule has 1 aliphatic rings. The molecular weight excluding hydrogens is 191 g/mol. The molecule has 1 aliphatic carbocycles. The number of fused-ring (bicyclic) bond motifs is 1. The van der Waals surface area contributed by atoms with Crippen molar-refractivity contribution in [3.05, 3.63) is 35.1 Å². The van der Waals surface area contributed by atoms with Crippen molar-refractivity contribution in [2.24, 2.45) is 5.92 Å². The molecule has 0 aromatic heterocycles. The second-order valence-corrected chi connectivity index (χ2v) is 4.69. The number of carbonyl (C=O) groups is 1. The Morgan fingerprint density at radius 2 is 2.20 bits per heavy atom. The van der Waals surface area contributed by atoms with Crippen LogP contribution < -0.4 is 0 Å². The van der Waals surface area contributed by atoms with Gasteiger partial charge < -0.3 is 0 Å². The van der Waals surface area contributed by atoms with E-state index in [1.54, 1.807) is 6.07 Å². The zero-order chi connectivity index (χ0) is 11.0. The zero-order valence-corrected chi connectivity index (χ0v) is 9.09. The van der Waals surface area contributed by atoms with Gasteiger partial charge in [-0.15, -0.1) is 0 Å². The molecule has 1 aromatic rings. The molecule has 0 radical (unpaired) electrons. The molecule has 80 valence electrons. The van der Waals surface area contributed by atoms with Gasteiger partial charge in [0.15, 0.2) is 5.78 Å². The Hall–Kier alpha value is -1.18. The van der Waals surface area contributed by atoms with E-state index in [0.29, 0.717) is 23.8 Å². The Kier molecular flexibility index (Phi) is 2.59. The molecule has 0 heterocycles. The highest BCUT2D eigenvalue weighted by molar-refractivity contribution is 6.01. The van der Waals surface area contributed by atoms with Gasteiger partial charge in [0, 0.05) is 12.0 Å². The fraction of sp³-hybridized carbons (Fsp3) is 0.462. The highest BCUT2D eigenvalue weighted by atomic mass is 19.1. The molecule has 0 saturated heterocycles. The molecule has 2 rings (SSSR count). The number of carbonyl (C=O) groups excluding carboxylic acids is 1. The van der Waals surface area contributed by atoms with Crippen LogP contribution >= 0.6 is 0 Å². The van der Waals surface area contributed by atoms with Gasteiger partial charge in [-0.1, -0.05) is 19.9 Å². The van der Waals surface area contributed by atoms with Gasteiger partial charge in [0.2, 0.25) is 0 Å². The second kappa shape index (κ2) is 3.76. The van der Waals surface area contributed by atoms with Crippen LogP contribution in [0.25, 0.3) is 0 Å². The summed E-state index contributed by atoms with van der Waals surface area (Å²) in [6.07, 6.45) is 1.56. The lowest BCUT2D eigenvalue weighted by molar-refractivity contribution is 0.0986. The number of hydrogen-bond acceptors (Lipinski definition) is 1. The van der Waals surface area contributed by atoms with Gasteiger partial charge in [-0.05, 0) is 36.0 Å². The monoisotopic (exact) mass is 206 g/mol.